The topological polar surface area (TPSA) is 58.2 Å². The van der Waals surface area contributed by atoms with Crippen molar-refractivity contribution in [2.75, 3.05) is 11.9 Å². The van der Waals surface area contributed by atoms with E-state index in [1.54, 1.807) is 18.2 Å². The smallest absolute Gasteiger partial charge is 0.241 e. The van der Waals surface area contributed by atoms with E-state index in [9.17, 15) is 8.42 Å². The number of rotatable bonds is 6. The van der Waals surface area contributed by atoms with Gasteiger partial charge in [-0.1, -0.05) is 13.0 Å². The van der Waals surface area contributed by atoms with Crippen LogP contribution in [0.5, 0.6) is 0 Å². The van der Waals surface area contributed by atoms with Crippen molar-refractivity contribution < 1.29 is 8.42 Å². The van der Waals surface area contributed by atoms with Crippen LogP contribution in [0.1, 0.15) is 33.1 Å². The molecule has 2 rings (SSSR count). The van der Waals surface area contributed by atoms with E-state index < -0.39 is 10.0 Å². The van der Waals surface area contributed by atoms with Gasteiger partial charge < -0.3 is 5.32 Å². The van der Waals surface area contributed by atoms with Crippen molar-refractivity contribution in [1.82, 2.24) is 4.72 Å². The molecule has 0 aromatic heterocycles. The third kappa shape index (κ3) is 3.23. The summed E-state index contributed by atoms with van der Waals surface area (Å²) in [4.78, 5) is 0.330. The number of sulfonamides is 1. The molecular weight excluding hydrogens is 248 g/mol. The van der Waals surface area contributed by atoms with E-state index in [0.29, 0.717) is 4.90 Å². The number of nitrogens with one attached hydrogen (secondary N) is 2. The molecular formula is C13H20N2O2S. The van der Waals surface area contributed by atoms with Gasteiger partial charge in [0.1, 0.15) is 0 Å². The van der Waals surface area contributed by atoms with Crippen LogP contribution in [-0.4, -0.2) is 20.5 Å². The Labute approximate surface area is 109 Å². The first-order valence-electron chi connectivity index (χ1n) is 6.33. The molecule has 1 saturated carbocycles. The molecule has 0 aliphatic heterocycles. The van der Waals surface area contributed by atoms with Crippen molar-refractivity contribution in [3.63, 3.8) is 0 Å². The molecule has 0 radical (unpaired) electrons. The van der Waals surface area contributed by atoms with Gasteiger partial charge in [0, 0.05) is 17.8 Å². The van der Waals surface area contributed by atoms with Crippen molar-refractivity contribution in [2.45, 2.75) is 43.5 Å². The van der Waals surface area contributed by atoms with Gasteiger partial charge in [-0.05, 0) is 44.4 Å². The molecule has 1 aromatic rings. The highest BCUT2D eigenvalue weighted by atomic mass is 32.2. The zero-order valence-corrected chi connectivity index (χ0v) is 11.7. The van der Waals surface area contributed by atoms with E-state index in [0.717, 1.165) is 31.5 Å². The van der Waals surface area contributed by atoms with Crippen molar-refractivity contribution in [1.29, 1.82) is 0 Å². The maximum Gasteiger partial charge on any atom is 0.241 e. The number of anilines is 1. The van der Waals surface area contributed by atoms with Crippen LogP contribution in [0.25, 0.3) is 0 Å². The summed E-state index contributed by atoms with van der Waals surface area (Å²) < 4.78 is 27.1. The monoisotopic (exact) mass is 268 g/mol. The van der Waals surface area contributed by atoms with Gasteiger partial charge in [-0.3, -0.25) is 0 Å². The van der Waals surface area contributed by atoms with Crippen molar-refractivity contribution in [2.24, 2.45) is 0 Å². The summed E-state index contributed by atoms with van der Waals surface area (Å²) in [6.07, 6.45) is 2.84. The molecule has 1 aliphatic carbocycles. The summed E-state index contributed by atoms with van der Waals surface area (Å²) in [6, 6.07) is 6.96. The molecule has 1 aliphatic rings. The fraction of sp³-hybridized carbons (Fsp3) is 0.538. The minimum absolute atomic E-state index is 0.230. The van der Waals surface area contributed by atoms with Crippen LogP contribution in [0.15, 0.2) is 29.2 Å². The van der Waals surface area contributed by atoms with Crippen molar-refractivity contribution in [3.05, 3.63) is 24.3 Å². The fourth-order valence-corrected chi connectivity index (χ4v) is 3.23. The second-order valence-corrected chi connectivity index (χ2v) is 6.80. The van der Waals surface area contributed by atoms with Crippen LogP contribution in [0, 0.1) is 0 Å². The lowest BCUT2D eigenvalue weighted by Gasteiger charge is -2.13. The van der Waals surface area contributed by atoms with E-state index in [1.165, 1.54) is 0 Å². The molecule has 0 atom stereocenters. The van der Waals surface area contributed by atoms with Gasteiger partial charge in [-0.15, -0.1) is 0 Å². The van der Waals surface area contributed by atoms with Crippen LogP contribution in [0.4, 0.5) is 5.69 Å². The summed E-state index contributed by atoms with van der Waals surface area (Å²) in [5, 5.41) is 3.19. The molecule has 0 amide bonds. The quantitative estimate of drug-likeness (QED) is 0.832. The van der Waals surface area contributed by atoms with E-state index in [1.807, 2.05) is 13.0 Å². The molecule has 0 bridgehead atoms. The number of hydrogen-bond donors (Lipinski definition) is 2. The maximum atomic E-state index is 12.2. The van der Waals surface area contributed by atoms with E-state index >= 15 is 0 Å². The Morgan fingerprint density at radius 1 is 1.33 bits per heavy atom. The first-order valence-corrected chi connectivity index (χ1v) is 7.81. The normalized spacial score (nSPS) is 17.4. The van der Waals surface area contributed by atoms with Crippen molar-refractivity contribution >= 4 is 15.7 Å². The number of benzene rings is 1. The van der Waals surface area contributed by atoms with Gasteiger partial charge in [0.05, 0.1) is 4.90 Å². The highest BCUT2D eigenvalue weighted by molar-refractivity contribution is 7.89. The Morgan fingerprint density at radius 2 is 2.06 bits per heavy atom. The SMILES string of the molecule is CCCNc1cccc(S(=O)(=O)NC2(C)CC2)c1. The predicted molar refractivity (Wildman–Crippen MR) is 73.2 cm³/mol. The van der Waals surface area contributed by atoms with Crippen LogP contribution in [0.2, 0.25) is 0 Å². The number of hydrogen-bond acceptors (Lipinski definition) is 3. The average molecular weight is 268 g/mol. The highest BCUT2D eigenvalue weighted by Crippen LogP contribution is 2.36. The molecule has 0 spiro atoms. The Kier molecular flexibility index (Phi) is 3.64. The van der Waals surface area contributed by atoms with Gasteiger partial charge in [0.25, 0.3) is 0 Å². The standard InChI is InChI=1S/C13H20N2O2S/c1-3-9-14-11-5-4-6-12(10-11)18(16,17)15-13(2)7-8-13/h4-6,10,14-15H,3,7-9H2,1-2H3. The summed E-state index contributed by atoms with van der Waals surface area (Å²) in [5.41, 5.74) is 0.617. The Bertz CT molecular complexity index is 522. The van der Waals surface area contributed by atoms with Crippen LogP contribution >= 0.6 is 0 Å². The predicted octanol–water partition coefficient (Wildman–Crippen LogP) is 2.34. The fourth-order valence-electron chi connectivity index (χ4n) is 1.72. The Morgan fingerprint density at radius 3 is 2.67 bits per heavy atom. The zero-order valence-electron chi connectivity index (χ0n) is 10.9. The molecule has 100 valence electrons. The van der Waals surface area contributed by atoms with E-state index in [2.05, 4.69) is 17.0 Å². The average Bonchev–Trinajstić information content (AvgIpc) is 3.03. The molecule has 0 saturated heterocycles. The van der Waals surface area contributed by atoms with E-state index in [-0.39, 0.29) is 5.54 Å². The molecule has 4 nitrogen and oxygen atoms in total. The molecule has 5 heteroatoms. The summed E-state index contributed by atoms with van der Waals surface area (Å²) in [5.74, 6) is 0. The summed E-state index contributed by atoms with van der Waals surface area (Å²) in [6.45, 7) is 4.85. The first-order chi connectivity index (χ1) is 8.45. The second kappa shape index (κ2) is 4.90. The molecule has 0 heterocycles. The second-order valence-electron chi connectivity index (χ2n) is 5.12. The third-order valence-corrected chi connectivity index (χ3v) is 4.74. The highest BCUT2D eigenvalue weighted by Gasteiger charge is 2.41. The molecule has 2 N–H and O–H groups in total. The van der Waals surface area contributed by atoms with Crippen LogP contribution in [-0.2, 0) is 10.0 Å². The van der Waals surface area contributed by atoms with E-state index in [4.69, 9.17) is 0 Å². The molecule has 1 aromatic carbocycles. The molecule has 0 unspecified atom stereocenters. The summed E-state index contributed by atoms with van der Waals surface area (Å²) >= 11 is 0. The van der Waals surface area contributed by atoms with Crippen LogP contribution in [0.3, 0.4) is 0 Å². The third-order valence-electron chi connectivity index (χ3n) is 3.10. The minimum atomic E-state index is -3.39. The van der Waals surface area contributed by atoms with Gasteiger partial charge in [-0.2, -0.15) is 0 Å². The lowest BCUT2D eigenvalue weighted by atomic mass is 10.3. The lowest BCUT2D eigenvalue weighted by Crippen LogP contribution is -2.34. The van der Waals surface area contributed by atoms with Gasteiger partial charge in [0.2, 0.25) is 10.0 Å². The summed E-state index contributed by atoms with van der Waals surface area (Å²) in [7, 11) is -3.39. The molecule has 1 fully saturated rings. The lowest BCUT2D eigenvalue weighted by molar-refractivity contribution is 0.558. The van der Waals surface area contributed by atoms with Gasteiger partial charge in [-0.25, -0.2) is 13.1 Å². The largest absolute Gasteiger partial charge is 0.385 e. The minimum Gasteiger partial charge on any atom is -0.385 e. The zero-order chi connectivity index (χ0) is 13.2. The van der Waals surface area contributed by atoms with Gasteiger partial charge >= 0.3 is 0 Å². The Hall–Kier alpha value is -1.07. The molecule has 18 heavy (non-hydrogen) atoms. The Balaban J connectivity index is 2.16. The van der Waals surface area contributed by atoms with Gasteiger partial charge in [0.15, 0.2) is 0 Å². The maximum absolute atomic E-state index is 12.2. The first kappa shape index (κ1) is 13.4. The van der Waals surface area contributed by atoms with Crippen LogP contribution < -0.4 is 10.0 Å². The van der Waals surface area contributed by atoms with Crippen molar-refractivity contribution in [3.8, 4) is 0 Å².